The summed E-state index contributed by atoms with van der Waals surface area (Å²) in [6, 6.07) is 14.8. The van der Waals surface area contributed by atoms with Crippen LogP contribution in [0.5, 0.6) is 0 Å². The molecule has 0 saturated heterocycles. The highest BCUT2D eigenvalue weighted by atomic mass is 19.1. The lowest BCUT2D eigenvalue weighted by Crippen LogP contribution is -1.98. The fraction of sp³-hybridized carbons (Fsp3) is 0.118. The fourth-order valence-electron chi connectivity index (χ4n) is 2.31. The Bertz CT molecular complexity index is 791. The van der Waals surface area contributed by atoms with E-state index in [1.165, 1.54) is 6.07 Å². The number of rotatable bonds is 2. The molecule has 0 bridgehead atoms. The van der Waals surface area contributed by atoms with Crippen molar-refractivity contribution in [3.8, 4) is 22.6 Å². The van der Waals surface area contributed by atoms with Crippen molar-refractivity contribution in [1.82, 2.24) is 9.55 Å². The minimum Gasteiger partial charge on any atom is -0.383 e. The number of halogens is 1. The lowest BCUT2D eigenvalue weighted by atomic mass is 10.1. The van der Waals surface area contributed by atoms with Crippen molar-refractivity contribution in [2.75, 3.05) is 5.73 Å². The van der Waals surface area contributed by atoms with Crippen LogP contribution in [0.15, 0.2) is 48.5 Å². The third-order valence-electron chi connectivity index (χ3n) is 3.62. The minimum absolute atomic E-state index is 0.251. The molecule has 0 fully saturated rings. The van der Waals surface area contributed by atoms with Crippen LogP contribution < -0.4 is 5.73 Å². The third kappa shape index (κ3) is 2.29. The normalized spacial score (nSPS) is 10.8. The largest absolute Gasteiger partial charge is 0.383 e. The van der Waals surface area contributed by atoms with Gasteiger partial charge < -0.3 is 10.3 Å². The SMILES string of the molecule is Cc1ccc(-c2nc(-c3ccccc3)n(C)c2N)cc1F. The van der Waals surface area contributed by atoms with Crippen molar-refractivity contribution >= 4 is 5.82 Å². The highest BCUT2D eigenvalue weighted by molar-refractivity contribution is 5.75. The Balaban J connectivity index is 2.15. The maximum absolute atomic E-state index is 13.8. The molecule has 1 aromatic heterocycles. The van der Waals surface area contributed by atoms with Crippen molar-refractivity contribution in [2.45, 2.75) is 6.92 Å². The molecule has 0 unspecified atom stereocenters. The zero-order valence-corrected chi connectivity index (χ0v) is 12.0. The third-order valence-corrected chi connectivity index (χ3v) is 3.62. The van der Waals surface area contributed by atoms with Crippen LogP contribution >= 0.6 is 0 Å². The first-order chi connectivity index (χ1) is 10.1. The summed E-state index contributed by atoms with van der Waals surface area (Å²) in [7, 11) is 1.86. The average molecular weight is 281 g/mol. The molecule has 0 atom stereocenters. The molecular weight excluding hydrogens is 265 g/mol. The Hall–Kier alpha value is -2.62. The molecule has 0 aliphatic heterocycles. The molecule has 106 valence electrons. The molecule has 21 heavy (non-hydrogen) atoms. The number of hydrogen-bond acceptors (Lipinski definition) is 2. The van der Waals surface area contributed by atoms with Gasteiger partial charge in [-0.05, 0) is 18.6 Å². The van der Waals surface area contributed by atoms with E-state index in [-0.39, 0.29) is 5.82 Å². The maximum Gasteiger partial charge on any atom is 0.142 e. The van der Waals surface area contributed by atoms with Crippen LogP contribution in [0.2, 0.25) is 0 Å². The second kappa shape index (κ2) is 5.05. The van der Waals surface area contributed by atoms with Crippen LogP contribution in [0.1, 0.15) is 5.56 Å². The lowest BCUT2D eigenvalue weighted by molar-refractivity contribution is 0.619. The molecule has 2 aromatic carbocycles. The summed E-state index contributed by atoms with van der Waals surface area (Å²) in [5.74, 6) is 1.04. The first-order valence-electron chi connectivity index (χ1n) is 6.72. The number of hydrogen-bond donors (Lipinski definition) is 1. The molecule has 3 nitrogen and oxygen atoms in total. The van der Waals surface area contributed by atoms with E-state index in [4.69, 9.17) is 5.73 Å². The predicted octanol–water partition coefficient (Wildman–Crippen LogP) is 3.78. The summed E-state index contributed by atoms with van der Waals surface area (Å²) < 4.78 is 15.6. The van der Waals surface area contributed by atoms with Crippen LogP contribution in [0, 0.1) is 12.7 Å². The molecule has 2 N–H and O–H groups in total. The molecule has 0 spiro atoms. The summed E-state index contributed by atoms with van der Waals surface area (Å²) in [5.41, 5.74) is 9.02. The van der Waals surface area contributed by atoms with E-state index < -0.39 is 0 Å². The van der Waals surface area contributed by atoms with E-state index in [0.29, 0.717) is 22.6 Å². The Labute approximate surface area is 122 Å². The summed E-state index contributed by atoms with van der Waals surface area (Å²) >= 11 is 0. The summed E-state index contributed by atoms with van der Waals surface area (Å²) in [5, 5.41) is 0. The van der Waals surface area contributed by atoms with E-state index in [2.05, 4.69) is 4.98 Å². The molecule has 0 aliphatic carbocycles. The van der Waals surface area contributed by atoms with Crippen molar-refractivity contribution in [3.63, 3.8) is 0 Å². The zero-order chi connectivity index (χ0) is 15.0. The van der Waals surface area contributed by atoms with E-state index in [1.807, 2.05) is 48.0 Å². The van der Waals surface area contributed by atoms with Crippen LogP contribution in [0.25, 0.3) is 22.6 Å². The zero-order valence-electron chi connectivity index (χ0n) is 12.0. The molecular formula is C17H16FN3. The number of aryl methyl sites for hydroxylation is 1. The predicted molar refractivity (Wildman–Crippen MR) is 83.2 cm³/mol. The van der Waals surface area contributed by atoms with Gasteiger partial charge in [-0.3, -0.25) is 0 Å². The number of anilines is 1. The maximum atomic E-state index is 13.8. The van der Waals surface area contributed by atoms with E-state index in [9.17, 15) is 4.39 Å². The summed E-state index contributed by atoms with van der Waals surface area (Å²) in [4.78, 5) is 4.59. The van der Waals surface area contributed by atoms with Crippen molar-refractivity contribution in [3.05, 3.63) is 59.9 Å². The van der Waals surface area contributed by atoms with Crippen LogP contribution in [-0.2, 0) is 7.05 Å². The van der Waals surface area contributed by atoms with Gasteiger partial charge >= 0.3 is 0 Å². The van der Waals surface area contributed by atoms with Crippen molar-refractivity contribution in [2.24, 2.45) is 7.05 Å². The van der Waals surface area contributed by atoms with Crippen LogP contribution in [-0.4, -0.2) is 9.55 Å². The number of nitrogen functional groups attached to an aromatic ring is 1. The van der Waals surface area contributed by atoms with Gasteiger partial charge in [0, 0.05) is 18.2 Å². The Kier molecular flexibility index (Phi) is 3.22. The first kappa shape index (κ1) is 13.4. The number of nitrogens with zero attached hydrogens (tertiary/aromatic N) is 2. The van der Waals surface area contributed by atoms with Crippen molar-refractivity contribution < 1.29 is 4.39 Å². The van der Waals surface area contributed by atoms with Crippen LogP contribution in [0.3, 0.4) is 0 Å². The van der Waals surface area contributed by atoms with E-state index in [1.54, 1.807) is 13.0 Å². The molecule has 0 aliphatic rings. The van der Waals surface area contributed by atoms with Crippen LogP contribution in [0.4, 0.5) is 10.2 Å². The molecule has 0 amide bonds. The summed E-state index contributed by atoms with van der Waals surface area (Å²) in [6.07, 6.45) is 0. The molecule has 0 saturated carbocycles. The van der Waals surface area contributed by atoms with Gasteiger partial charge in [-0.25, -0.2) is 9.37 Å². The molecule has 4 heteroatoms. The van der Waals surface area contributed by atoms with E-state index in [0.717, 1.165) is 11.4 Å². The van der Waals surface area contributed by atoms with E-state index >= 15 is 0 Å². The van der Waals surface area contributed by atoms with Gasteiger partial charge in [-0.2, -0.15) is 0 Å². The highest BCUT2D eigenvalue weighted by Crippen LogP contribution is 2.30. The molecule has 1 heterocycles. The molecule has 0 radical (unpaired) electrons. The first-order valence-corrected chi connectivity index (χ1v) is 6.72. The quantitative estimate of drug-likeness (QED) is 0.776. The second-order valence-electron chi connectivity index (χ2n) is 5.06. The average Bonchev–Trinajstić information content (AvgIpc) is 2.79. The van der Waals surface area contributed by atoms with Crippen molar-refractivity contribution in [1.29, 1.82) is 0 Å². The lowest BCUT2D eigenvalue weighted by Gasteiger charge is -2.03. The smallest absolute Gasteiger partial charge is 0.142 e. The summed E-state index contributed by atoms with van der Waals surface area (Å²) in [6.45, 7) is 1.73. The minimum atomic E-state index is -0.251. The topological polar surface area (TPSA) is 43.8 Å². The number of benzene rings is 2. The van der Waals surface area contributed by atoms with Gasteiger partial charge in [-0.15, -0.1) is 0 Å². The Morgan fingerprint density at radius 1 is 1.05 bits per heavy atom. The highest BCUT2D eigenvalue weighted by Gasteiger charge is 2.15. The molecule has 3 rings (SSSR count). The number of imidazole rings is 1. The van der Waals surface area contributed by atoms with Gasteiger partial charge in [0.05, 0.1) is 0 Å². The molecule has 3 aromatic rings. The monoisotopic (exact) mass is 281 g/mol. The van der Waals surface area contributed by atoms with Gasteiger partial charge in [0.25, 0.3) is 0 Å². The van der Waals surface area contributed by atoms with Gasteiger partial charge in [0.15, 0.2) is 0 Å². The van der Waals surface area contributed by atoms with Gasteiger partial charge in [0.1, 0.15) is 23.2 Å². The standard InChI is InChI=1S/C17H16FN3/c1-11-8-9-13(10-14(11)18)15-16(19)21(2)17(20-15)12-6-4-3-5-7-12/h3-10H,19H2,1-2H3. The Morgan fingerprint density at radius 3 is 2.43 bits per heavy atom. The fourth-order valence-corrected chi connectivity index (χ4v) is 2.31. The number of aromatic nitrogens is 2. The van der Waals surface area contributed by atoms with Gasteiger partial charge in [0.2, 0.25) is 0 Å². The second-order valence-corrected chi connectivity index (χ2v) is 5.06. The Morgan fingerprint density at radius 2 is 1.76 bits per heavy atom. The number of nitrogens with two attached hydrogens (primary N) is 1. The van der Waals surface area contributed by atoms with Gasteiger partial charge in [-0.1, -0.05) is 42.5 Å².